The van der Waals surface area contributed by atoms with E-state index in [-0.39, 0.29) is 0 Å². The monoisotopic (exact) mass is 195 g/mol. The van der Waals surface area contributed by atoms with E-state index in [4.69, 9.17) is 15.9 Å². The van der Waals surface area contributed by atoms with Gasteiger partial charge in [0.25, 0.3) is 0 Å². The summed E-state index contributed by atoms with van der Waals surface area (Å²) in [4.78, 5) is 10.4. The number of aliphatic hydroxyl groups is 1. The third-order valence-electron chi connectivity index (χ3n) is 1.97. The van der Waals surface area contributed by atoms with E-state index in [0.717, 1.165) is 5.56 Å². The summed E-state index contributed by atoms with van der Waals surface area (Å²) in [6, 6.07) is 8.46. The highest BCUT2D eigenvalue weighted by Gasteiger charge is 2.21. The lowest BCUT2D eigenvalue weighted by molar-refractivity contribution is -0.147. The Labute approximate surface area is 82.0 Å². The molecular formula is C10H13NO3. The number of rotatable bonds is 4. The number of aliphatic carboxylic acids is 1. The first-order valence-corrected chi connectivity index (χ1v) is 4.31. The topological polar surface area (TPSA) is 83.5 Å². The summed E-state index contributed by atoms with van der Waals surface area (Å²) in [6.07, 6.45) is -1.15. The van der Waals surface area contributed by atoms with E-state index in [1.54, 1.807) is 0 Å². The van der Waals surface area contributed by atoms with Crippen LogP contribution in [0, 0.1) is 0 Å². The molecule has 0 aliphatic rings. The molecule has 0 fully saturated rings. The Morgan fingerprint density at radius 1 is 1.36 bits per heavy atom. The number of carboxylic acid groups (broad SMARTS) is 1. The van der Waals surface area contributed by atoms with E-state index in [0.29, 0.717) is 6.42 Å². The fraction of sp³-hybridized carbons (Fsp3) is 0.300. The van der Waals surface area contributed by atoms with Crippen LogP contribution in [0.25, 0.3) is 0 Å². The van der Waals surface area contributed by atoms with Gasteiger partial charge < -0.3 is 15.9 Å². The molecule has 0 radical (unpaired) electrons. The highest BCUT2D eigenvalue weighted by Crippen LogP contribution is 2.04. The number of nitrogens with two attached hydrogens (primary N) is 1. The van der Waals surface area contributed by atoms with Gasteiger partial charge in [-0.1, -0.05) is 30.3 Å². The van der Waals surface area contributed by atoms with Crippen LogP contribution in [0.5, 0.6) is 0 Å². The summed E-state index contributed by atoms with van der Waals surface area (Å²) >= 11 is 0. The van der Waals surface area contributed by atoms with Gasteiger partial charge in [-0.15, -0.1) is 0 Å². The van der Waals surface area contributed by atoms with Crippen molar-refractivity contribution in [2.75, 3.05) is 0 Å². The predicted octanol–water partition coefficient (Wildman–Crippen LogP) is 0.00190. The minimum absolute atomic E-state index is 0.355. The maximum absolute atomic E-state index is 10.4. The molecule has 0 saturated carbocycles. The molecule has 4 nitrogen and oxygen atoms in total. The lowest BCUT2D eigenvalue weighted by atomic mass is 10.0. The number of carbonyl (C=O) groups is 1. The summed E-state index contributed by atoms with van der Waals surface area (Å²) in [5, 5.41) is 17.6. The number of benzene rings is 1. The van der Waals surface area contributed by atoms with Gasteiger partial charge in [-0.25, -0.2) is 4.79 Å². The molecule has 2 unspecified atom stereocenters. The molecule has 0 amide bonds. The van der Waals surface area contributed by atoms with Gasteiger partial charge in [0.15, 0.2) is 6.10 Å². The Morgan fingerprint density at radius 3 is 2.43 bits per heavy atom. The van der Waals surface area contributed by atoms with Gasteiger partial charge in [0.05, 0.1) is 0 Å². The first-order valence-electron chi connectivity index (χ1n) is 4.31. The summed E-state index contributed by atoms with van der Waals surface area (Å²) < 4.78 is 0. The molecule has 4 heteroatoms. The maximum atomic E-state index is 10.4. The molecular weight excluding hydrogens is 182 g/mol. The average Bonchev–Trinajstić information content (AvgIpc) is 2.18. The predicted molar refractivity (Wildman–Crippen MR) is 51.8 cm³/mol. The standard InChI is InChI=1S/C10H13NO3/c11-8(9(12)10(13)14)6-7-4-2-1-3-5-7/h1-5,8-9,12H,6,11H2,(H,13,14). The maximum Gasteiger partial charge on any atom is 0.334 e. The molecule has 0 aromatic heterocycles. The quantitative estimate of drug-likeness (QED) is 0.631. The van der Waals surface area contributed by atoms with Gasteiger partial charge in [-0.3, -0.25) is 0 Å². The van der Waals surface area contributed by atoms with Crippen molar-refractivity contribution in [1.82, 2.24) is 0 Å². The zero-order valence-corrected chi connectivity index (χ0v) is 7.63. The van der Waals surface area contributed by atoms with E-state index >= 15 is 0 Å². The molecule has 0 spiro atoms. The van der Waals surface area contributed by atoms with Gasteiger partial charge in [0.1, 0.15) is 0 Å². The van der Waals surface area contributed by atoms with Crippen LogP contribution < -0.4 is 5.73 Å². The van der Waals surface area contributed by atoms with Crippen LogP contribution in [-0.4, -0.2) is 28.3 Å². The van der Waals surface area contributed by atoms with Crippen molar-refractivity contribution in [3.8, 4) is 0 Å². The molecule has 76 valence electrons. The first-order chi connectivity index (χ1) is 6.61. The van der Waals surface area contributed by atoms with Gasteiger partial charge in [-0.2, -0.15) is 0 Å². The van der Waals surface area contributed by atoms with Crippen LogP contribution in [0.3, 0.4) is 0 Å². The molecule has 0 bridgehead atoms. The molecule has 0 saturated heterocycles. The fourth-order valence-corrected chi connectivity index (χ4v) is 1.18. The van der Waals surface area contributed by atoms with E-state index in [2.05, 4.69) is 0 Å². The zero-order chi connectivity index (χ0) is 10.6. The summed E-state index contributed by atoms with van der Waals surface area (Å²) in [7, 11) is 0. The molecule has 1 rings (SSSR count). The zero-order valence-electron chi connectivity index (χ0n) is 7.63. The van der Waals surface area contributed by atoms with Crippen molar-refractivity contribution in [2.45, 2.75) is 18.6 Å². The van der Waals surface area contributed by atoms with Gasteiger partial charge in [0.2, 0.25) is 0 Å². The summed E-state index contributed by atoms with van der Waals surface area (Å²) in [5.74, 6) is -1.28. The Bertz CT molecular complexity index is 299. The van der Waals surface area contributed by atoms with E-state index < -0.39 is 18.1 Å². The second-order valence-electron chi connectivity index (χ2n) is 3.14. The van der Waals surface area contributed by atoms with Crippen LogP contribution in [0.15, 0.2) is 30.3 Å². The largest absolute Gasteiger partial charge is 0.479 e. The Hall–Kier alpha value is -1.39. The molecule has 1 aromatic rings. The SMILES string of the molecule is NC(Cc1ccccc1)C(O)C(=O)O. The minimum Gasteiger partial charge on any atom is -0.479 e. The molecule has 14 heavy (non-hydrogen) atoms. The van der Waals surface area contributed by atoms with Crippen molar-refractivity contribution in [3.05, 3.63) is 35.9 Å². The van der Waals surface area contributed by atoms with Crippen molar-refractivity contribution in [2.24, 2.45) is 5.73 Å². The van der Waals surface area contributed by atoms with E-state index in [1.807, 2.05) is 30.3 Å². The molecule has 2 atom stereocenters. The van der Waals surface area contributed by atoms with Gasteiger partial charge >= 0.3 is 5.97 Å². The van der Waals surface area contributed by atoms with Crippen LogP contribution in [0.2, 0.25) is 0 Å². The molecule has 0 aliphatic heterocycles. The lowest BCUT2D eigenvalue weighted by Gasteiger charge is -2.14. The lowest BCUT2D eigenvalue weighted by Crippen LogP contribution is -2.41. The molecule has 1 aromatic carbocycles. The van der Waals surface area contributed by atoms with Crippen LogP contribution in [-0.2, 0) is 11.2 Å². The molecule has 0 aliphatic carbocycles. The van der Waals surface area contributed by atoms with Crippen molar-refractivity contribution in [3.63, 3.8) is 0 Å². The third kappa shape index (κ3) is 2.83. The van der Waals surface area contributed by atoms with Crippen LogP contribution >= 0.6 is 0 Å². The van der Waals surface area contributed by atoms with Crippen molar-refractivity contribution >= 4 is 5.97 Å². The second-order valence-corrected chi connectivity index (χ2v) is 3.14. The van der Waals surface area contributed by atoms with E-state index in [1.165, 1.54) is 0 Å². The second kappa shape index (κ2) is 4.74. The average molecular weight is 195 g/mol. The highest BCUT2D eigenvalue weighted by atomic mass is 16.4. The van der Waals surface area contributed by atoms with Gasteiger partial charge in [-0.05, 0) is 12.0 Å². The normalized spacial score (nSPS) is 14.7. The van der Waals surface area contributed by atoms with Crippen molar-refractivity contribution < 1.29 is 15.0 Å². The number of hydrogen-bond donors (Lipinski definition) is 3. The molecule has 4 N–H and O–H groups in total. The van der Waals surface area contributed by atoms with E-state index in [9.17, 15) is 4.79 Å². The first kappa shape index (κ1) is 10.7. The fourth-order valence-electron chi connectivity index (χ4n) is 1.18. The minimum atomic E-state index is -1.50. The Balaban J connectivity index is 2.57. The molecule has 0 heterocycles. The highest BCUT2D eigenvalue weighted by molar-refractivity contribution is 5.72. The van der Waals surface area contributed by atoms with Gasteiger partial charge in [0, 0.05) is 6.04 Å². The Kier molecular flexibility index (Phi) is 3.62. The number of hydrogen-bond acceptors (Lipinski definition) is 3. The van der Waals surface area contributed by atoms with Crippen LogP contribution in [0.4, 0.5) is 0 Å². The smallest absolute Gasteiger partial charge is 0.334 e. The third-order valence-corrected chi connectivity index (χ3v) is 1.97. The van der Waals surface area contributed by atoms with Crippen molar-refractivity contribution in [1.29, 1.82) is 0 Å². The van der Waals surface area contributed by atoms with Crippen LogP contribution in [0.1, 0.15) is 5.56 Å². The Morgan fingerprint density at radius 2 is 1.93 bits per heavy atom. The number of carboxylic acids is 1. The number of aliphatic hydroxyl groups excluding tert-OH is 1. The summed E-state index contributed by atoms with van der Waals surface area (Å²) in [5.41, 5.74) is 6.44. The summed E-state index contributed by atoms with van der Waals surface area (Å²) in [6.45, 7) is 0.